The van der Waals surface area contributed by atoms with Crippen LogP contribution in [0.25, 0.3) is 0 Å². The third-order valence-corrected chi connectivity index (χ3v) is 3.28. The molecular weight excluding hydrogens is 256 g/mol. The van der Waals surface area contributed by atoms with Crippen LogP contribution in [-0.4, -0.2) is 50.8 Å². The predicted octanol–water partition coefficient (Wildman–Crippen LogP) is 1.42. The summed E-state index contributed by atoms with van der Waals surface area (Å²) in [6, 6.07) is 2.93. The van der Waals surface area contributed by atoms with Gasteiger partial charge in [-0.05, 0) is 24.5 Å². The van der Waals surface area contributed by atoms with Crippen molar-refractivity contribution in [1.29, 1.82) is 0 Å². The Morgan fingerprint density at radius 1 is 1.15 bits per heavy atom. The van der Waals surface area contributed by atoms with Crippen molar-refractivity contribution >= 4 is 0 Å². The highest BCUT2D eigenvalue weighted by Crippen LogP contribution is 2.19. The van der Waals surface area contributed by atoms with Gasteiger partial charge in [0.15, 0.2) is 0 Å². The van der Waals surface area contributed by atoms with Crippen molar-refractivity contribution in [2.24, 2.45) is 0 Å². The highest BCUT2D eigenvalue weighted by molar-refractivity contribution is 5.10. The fraction of sp³-hybridized carbons (Fsp3) is 0.733. The zero-order chi connectivity index (χ0) is 14.0. The van der Waals surface area contributed by atoms with Crippen molar-refractivity contribution in [2.75, 3.05) is 40.1 Å². The lowest BCUT2D eigenvalue weighted by molar-refractivity contribution is 0.0230. The van der Waals surface area contributed by atoms with E-state index in [2.05, 4.69) is 28.3 Å². The number of ether oxygens (including phenoxy) is 3. The molecule has 0 amide bonds. The molecule has 5 heteroatoms. The smallest absolute Gasteiger partial charge is 0.0701 e. The number of methoxy groups -OCH3 is 1. The molecule has 1 aliphatic rings. The Bertz CT molecular complexity index is 364. The molecule has 114 valence electrons. The van der Waals surface area contributed by atoms with Gasteiger partial charge < -0.3 is 24.1 Å². The van der Waals surface area contributed by atoms with E-state index in [9.17, 15) is 0 Å². The maximum absolute atomic E-state index is 5.53. The van der Waals surface area contributed by atoms with Crippen LogP contribution in [0.15, 0.2) is 18.5 Å². The van der Waals surface area contributed by atoms with Gasteiger partial charge in [-0.3, -0.25) is 0 Å². The lowest BCUT2D eigenvalue weighted by atomic mass is 10.3. The summed E-state index contributed by atoms with van der Waals surface area (Å²) in [6.07, 6.45) is 6.97. The normalized spacial score (nSPS) is 14.8. The van der Waals surface area contributed by atoms with Crippen LogP contribution in [0.1, 0.15) is 18.4 Å². The molecule has 5 nitrogen and oxygen atoms in total. The molecule has 0 spiro atoms. The predicted molar refractivity (Wildman–Crippen MR) is 77.8 cm³/mol. The van der Waals surface area contributed by atoms with Crippen molar-refractivity contribution in [2.45, 2.75) is 32.0 Å². The zero-order valence-electron chi connectivity index (χ0n) is 12.3. The van der Waals surface area contributed by atoms with Gasteiger partial charge in [0.25, 0.3) is 0 Å². The van der Waals surface area contributed by atoms with Crippen LogP contribution in [0.5, 0.6) is 0 Å². The number of rotatable bonds is 12. The lowest BCUT2D eigenvalue weighted by Crippen LogP contribution is -2.14. The molecular formula is C15H26N2O3. The first-order valence-corrected chi connectivity index (χ1v) is 7.41. The average molecular weight is 282 g/mol. The van der Waals surface area contributed by atoms with Crippen LogP contribution >= 0.6 is 0 Å². The van der Waals surface area contributed by atoms with E-state index in [4.69, 9.17) is 14.2 Å². The summed E-state index contributed by atoms with van der Waals surface area (Å²) in [5, 5.41) is 3.52. The Balaban J connectivity index is 1.46. The van der Waals surface area contributed by atoms with Gasteiger partial charge in [-0.25, -0.2) is 0 Å². The summed E-state index contributed by atoms with van der Waals surface area (Å²) in [5.74, 6) is 0. The van der Waals surface area contributed by atoms with Crippen molar-refractivity contribution in [3.05, 3.63) is 24.0 Å². The molecule has 0 saturated heterocycles. The van der Waals surface area contributed by atoms with Crippen LogP contribution in [0.2, 0.25) is 0 Å². The Labute approximate surface area is 121 Å². The van der Waals surface area contributed by atoms with Crippen molar-refractivity contribution < 1.29 is 14.2 Å². The molecule has 1 aromatic rings. The number of nitrogens with zero attached hydrogens (tertiary/aromatic N) is 1. The summed E-state index contributed by atoms with van der Waals surface area (Å²) in [4.78, 5) is 0. The van der Waals surface area contributed by atoms with Crippen LogP contribution in [0, 0.1) is 0 Å². The van der Waals surface area contributed by atoms with Gasteiger partial charge in [0.2, 0.25) is 0 Å². The van der Waals surface area contributed by atoms with Crippen LogP contribution in [-0.2, 0) is 27.3 Å². The van der Waals surface area contributed by atoms with E-state index in [0.717, 1.165) is 25.7 Å². The SMILES string of the molecule is COCCOCCOCCn1ccc(CNC2CC2)c1. The fourth-order valence-electron chi connectivity index (χ4n) is 1.92. The first kappa shape index (κ1) is 15.5. The number of hydrogen-bond acceptors (Lipinski definition) is 4. The van der Waals surface area contributed by atoms with Gasteiger partial charge in [-0.1, -0.05) is 0 Å². The summed E-state index contributed by atoms with van der Waals surface area (Å²) < 4.78 is 17.9. The third kappa shape index (κ3) is 6.52. The molecule has 0 unspecified atom stereocenters. The quantitative estimate of drug-likeness (QED) is 0.589. The van der Waals surface area contributed by atoms with Gasteiger partial charge >= 0.3 is 0 Å². The van der Waals surface area contributed by atoms with Crippen LogP contribution in [0.4, 0.5) is 0 Å². The molecule has 1 saturated carbocycles. The van der Waals surface area contributed by atoms with E-state index in [1.807, 2.05) is 0 Å². The zero-order valence-corrected chi connectivity index (χ0v) is 12.3. The van der Waals surface area contributed by atoms with Gasteiger partial charge in [0, 0.05) is 38.6 Å². The Morgan fingerprint density at radius 3 is 2.65 bits per heavy atom. The number of nitrogens with one attached hydrogen (secondary N) is 1. The van der Waals surface area contributed by atoms with E-state index in [0.29, 0.717) is 26.4 Å². The van der Waals surface area contributed by atoms with Gasteiger partial charge in [-0.2, -0.15) is 0 Å². The van der Waals surface area contributed by atoms with Gasteiger partial charge in [0.1, 0.15) is 0 Å². The monoisotopic (exact) mass is 282 g/mol. The van der Waals surface area contributed by atoms with E-state index in [-0.39, 0.29) is 0 Å². The molecule has 1 aliphatic carbocycles. The first-order valence-electron chi connectivity index (χ1n) is 7.41. The molecule has 0 aliphatic heterocycles. The molecule has 0 bridgehead atoms. The average Bonchev–Trinajstić information content (AvgIpc) is 3.18. The summed E-state index contributed by atoms with van der Waals surface area (Å²) in [5.41, 5.74) is 1.35. The highest BCUT2D eigenvalue weighted by atomic mass is 16.5. The maximum Gasteiger partial charge on any atom is 0.0701 e. The molecule has 1 heterocycles. The largest absolute Gasteiger partial charge is 0.382 e. The summed E-state index contributed by atoms with van der Waals surface area (Å²) in [7, 11) is 1.67. The second-order valence-corrected chi connectivity index (χ2v) is 5.13. The minimum Gasteiger partial charge on any atom is -0.382 e. The molecule has 0 atom stereocenters. The van der Waals surface area contributed by atoms with Gasteiger partial charge in [-0.15, -0.1) is 0 Å². The first-order chi connectivity index (χ1) is 9.88. The Morgan fingerprint density at radius 2 is 1.90 bits per heavy atom. The van der Waals surface area contributed by atoms with Gasteiger partial charge in [0.05, 0.1) is 33.0 Å². The Hall–Kier alpha value is -0.880. The lowest BCUT2D eigenvalue weighted by Gasteiger charge is -2.06. The minimum atomic E-state index is 0.631. The van der Waals surface area contributed by atoms with E-state index < -0.39 is 0 Å². The molecule has 20 heavy (non-hydrogen) atoms. The molecule has 0 aromatic carbocycles. The van der Waals surface area contributed by atoms with Crippen molar-refractivity contribution in [1.82, 2.24) is 9.88 Å². The minimum absolute atomic E-state index is 0.631. The van der Waals surface area contributed by atoms with E-state index >= 15 is 0 Å². The van der Waals surface area contributed by atoms with E-state index in [1.165, 1.54) is 18.4 Å². The fourth-order valence-corrected chi connectivity index (χ4v) is 1.92. The summed E-state index contributed by atoms with van der Waals surface area (Å²) >= 11 is 0. The maximum atomic E-state index is 5.53. The van der Waals surface area contributed by atoms with E-state index in [1.54, 1.807) is 7.11 Å². The molecule has 2 rings (SSSR count). The van der Waals surface area contributed by atoms with Crippen molar-refractivity contribution in [3.63, 3.8) is 0 Å². The Kier molecular flexibility index (Phi) is 7.08. The molecule has 1 fully saturated rings. The number of hydrogen-bond donors (Lipinski definition) is 1. The van der Waals surface area contributed by atoms with Crippen LogP contribution < -0.4 is 5.32 Å². The molecule has 0 radical (unpaired) electrons. The second kappa shape index (κ2) is 9.13. The standard InChI is InChI=1S/C15H26N2O3/c1-18-8-9-20-11-10-19-7-6-17-5-4-14(13-17)12-16-15-2-3-15/h4-5,13,15-16H,2-3,6-12H2,1H3. The summed E-state index contributed by atoms with van der Waals surface area (Å²) in [6.45, 7) is 5.13. The molecule has 1 N–H and O–H groups in total. The second-order valence-electron chi connectivity index (χ2n) is 5.13. The molecule has 1 aromatic heterocycles. The number of aromatic nitrogens is 1. The topological polar surface area (TPSA) is 44.7 Å². The highest BCUT2D eigenvalue weighted by Gasteiger charge is 2.19. The van der Waals surface area contributed by atoms with Crippen molar-refractivity contribution in [3.8, 4) is 0 Å². The third-order valence-electron chi connectivity index (χ3n) is 3.28. The van der Waals surface area contributed by atoms with Crippen LogP contribution in [0.3, 0.4) is 0 Å².